The summed E-state index contributed by atoms with van der Waals surface area (Å²) in [4.78, 5) is 25.0. The quantitative estimate of drug-likeness (QED) is 0.862. The number of hydrogen-bond donors (Lipinski definition) is 2. The standard InChI is InChI=1S/C14H18N2O3/c1-16(13(17)10-5-4-8-15-9-10)12-7-3-2-6-11(12)14(18)19/h2-3,6-7,10,15H,4-5,8-9H2,1H3,(H,18,19)/t10-/m1/s1. The molecule has 1 fully saturated rings. The summed E-state index contributed by atoms with van der Waals surface area (Å²) >= 11 is 0. The zero-order valence-electron chi connectivity index (χ0n) is 10.9. The largest absolute Gasteiger partial charge is 0.478 e. The molecule has 1 aromatic rings. The number of hydrogen-bond acceptors (Lipinski definition) is 3. The van der Waals surface area contributed by atoms with Crippen LogP contribution in [0.3, 0.4) is 0 Å². The van der Waals surface area contributed by atoms with Crippen molar-refractivity contribution < 1.29 is 14.7 Å². The van der Waals surface area contributed by atoms with Crippen LogP contribution in [0.15, 0.2) is 24.3 Å². The number of carbonyl (C=O) groups excluding carboxylic acids is 1. The molecule has 19 heavy (non-hydrogen) atoms. The molecule has 1 heterocycles. The lowest BCUT2D eigenvalue weighted by Crippen LogP contribution is -2.41. The summed E-state index contributed by atoms with van der Waals surface area (Å²) in [6, 6.07) is 6.58. The van der Waals surface area contributed by atoms with Gasteiger partial charge in [-0.25, -0.2) is 4.79 Å². The third-order valence-electron chi connectivity index (χ3n) is 3.47. The van der Waals surface area contributed by atoms with Crippen molar-refractivity contribution in [1.29, 1.82) is 0 Å². The van der Waals surface area contributed by atoms with Gasteiger partial charge in [0.1, 0.15) is 0 Å². The van der Waals surface area contributed by atoms with Gasteiger partial charge in [0.05, 0.1) is 17.2 Å². The lowest BCUT2D eigenvalue weighted by atomic mass is 9.97. The third-order valence-corrected chi connectivity index (χ3v) is 3.47. The van der Waals surface area contributed by atoms with E-state index in [0.717, 1.165) is 19.4 Å². The van der Waals surface area contributed by atoms with Gasteiger partial charge in [-0.1, -0.05) is 12.1 Å². The molecule has 1 aromatic carbocycles. The highest BCUT2D eigenvalue weighted by Crippen LogP contribution is 2.22. The average molecular weight is 262 g/mol. The Balaban J connectivity index is 2.21. The second-order valence-electron chi connectivity index (χ2n) is 4.76. The number of nitrogens with zero attached hydrogens (tertiary/aromatic N) is 1. The van der Waals surface area contributed by atoms with Crippen molar-refractivity contribution in [3.05, 3.63) is 29.8 Å². The van der Waals surface area contributed by atoms with Gasteiger partial charge in [-0.3, -0.25) is 4.79 Å². The highest BCUT2D eigenvalue weighted by Gasteiger charge is 2.26. The molecule has 5 nitrogen and oxygen atoms in total. The summed E-state index contributed by atoms with van der Waals surface area (Å²) in [6.07, 6.45) is 1.83. The summed E-state index contributed by atoms with van der Waals surface area (Å²) in [5.74, 6) is -1.11. The molecular weight excluding hydrogens is 244 g/mol. The highest BCUT2D eigenvalue weighted by atomic mass is 16.4. The molecule has 2 N–H and O–H groups in total. The predicted octanol–water partition coefficient (Wildman–Crippen LogP) is 1.35. The van der Waals surface area contributed by atoms with Crippen LogP contribution in [0.25, 0.3) is 0 Å². The minimum absolute atomic E-state index is 0.0269. The van der Waals surface area contributed by atoms with Crippen LogP contribution in [-0.2, 0) is 4.79 Å². The van der Waals surface area contributed by atoms with Gasteiger partial charge in [0.2, 0.25) is 5.91 Å². The maximum atomic E-state index is 12.4. The Morgan fingerprint density at radius 2 is 2.11 bits per heavy atom. The number of para-hydroxylation sites is 1. The second-order valence-corrected chi connectivity index (χ2v) is 4.76. The van der Waals surface area contributed by atoms with Crippen LogP contribution in [0, 0.1) is 5.92 Å². The van der Waals surface area contributed by atoms with Gasteiger partial charge in [-0.05, 0) is 31.5 Å². The van der Waals surface area contributed by atoms with Crippen molar-refractivity contribution in [3.8, 4) is 0 Å². The molecule has 0 radical (unpaired) electrons. The fourth-order valence-corrected chi connectivity index (χ4v) is 2.40. The predicted molar refractivity (Wildman–Crippen MR) is 72.4 cm³/mol. The molecule has 0 unspecified atom stereocenters. The summed E-state index contributed by atoms with van der Waals surface area (Å²) < 4.78 is 0. The first kappa shape index (κ1) is 13.5. The number of rotatable bonds is 3. The average Bonchev–Trinajstić information content (AvgIpc) is 2.46. The highest BCUT2D eigenvalue weighted by molar-refractivity contribution is 6.02. The van der Waals surface area contributed by atoms with Gasteiger partial charge in [-0.15, -0.1) is 0 Å². The number of carboxylic acids is 1. The molecule has 102 valence electrons. The molecule has 0 aliphatic carbocycles. The van der Waals surface area contributed by atoms with E-state index >= 15 is 0 Å². The lowest BCUT2D eigenvalue weighted by molar-refractivity contribution is -0.122. The Morgan fingerprint density at radius 3 is 2.74 bits per heavy atom. The van der Waals surface area contributed by atoms with Gasteiger partial charge in [-0.2, -0.15) is 0 Å². The van der Waals surface area contributed by atoms with E-state index in [1.165, 1.54) is 11.0 Å². The summed E-state index contributed by atoms with van der Waals surface area (Å²) in [7, 11) is 1.64. The summed E-state index contributed by atoms with van der Waals surface area (Å²) in [5.41, 5.74) is 0.604. The molecule has 5 heteroatoms. The van der Waals surface area contributed by atoms with E-state index in [4.69, 9.17) is 5.11 Å². The molecule has 0 aromatic heterocycles. The smallest absolute Gasteiger partial charge is 0.337 e. The SMILES string of the molecule is CN(C(=O)[C@@H]1CCCNC1)c1ccccc1C(=O)O. The van der Waals surface area contributed by atoms with E-state index in [1.54, 1.807) is 25.2 Å². The van der Waals surface area contributed by atoms with Crippen LogP contribution in [0.1, 0.15) is 23.2 Å². The number of anilines is 1. The van der Waals surface area contributed by atoms with Gasteiger partial charge < -0.3 is 15.3 Å². The van der Waals surface area contributed by atoms with Crippen LogP contribution < -0.4 is 10.2 Å². The van der Waals surface area contributed by atoms with Crippen LogP contribution in [-0.4, -0.2) is 37.1 Å². The van der Waals surface area contributed by atoms with Gasteiger partial charge in [0.25, 0.3) is 0 Å². The zero-order valence-corrected chi connectivity index (χ0v) is 10.9. The van der Waals surface area contributed by atoms with E-state index in [-0.39, 0.29) is 17.4 Å². The van der Waals surface area contributed by atoms with Crippen LogP contribution in [0.5, 0.6) is 0 Å². The Morgan fingerprint density at radius 1 is 1.37 bits per heavy atom. The molecule has 1 saturated heterocycles. The third kappa shape index (κ3) is 2.93. The van der Waals surface area contributed by atoms with Crippen molar-refractivity contribution in [2.24, 2.45) is 5.92 Å². The number of amides is 1. The van der Waals surface area contributed by atoms with Gasteiger partial charge >= 0.3 is 5.97 Å². The van der Waals surface area contributed by atoms with E-state index in [1.807, 2.05) is 0 Å². The number of aromatic carboxylic acids is 1. The summed E-state index contributed by atoms with van der Waals surface area (Å²) in [6.45, 7) is 1.61. The molecule has 1 aliphatic rings. The Labute approximate surface area is 112 Å². The second kappa shape index (κ2) is 5.84. The molecule has 2 rings (SSSR count). The summed E-state index contributed by atoms with van der Waals surface area (Å²) in [5, 5.41) is 12.4. The minimum Gasteiger partial charge on any atom is -0.478 e. The van der Waals surface area contributed by atoms with Crippen molar-refractivity contribution in [2.45, 2.75) is 12.8 Å². The number of piperidine rings is 1. The van der Waals surface area contributed by atoms with E-state index in [2.05, 4.69) is 5.32 Å². The maximum absolute atomic E-state index is 12.4. The molecule has 1 atom stereocenters. The first-order chi connectivity index (χ1) is 9.11. The van der Waals surface area contributed by atoms with Crippen molar-refractivity contribution in [1.82, 2.24) is 5.32 Å². The molecular formula is C14H18N2O3. The fourth-order valence-electron chi connectivity index (χ4n) is 2.40. The number of carboxylic acid groups (broad SMARTS) is 1. The van der Waals surface area contributed by atoms with Crippen LogP contribution >= 0.6 is 0 Å². The minimum atomic E-state index is -1.02. The van der Waals surface area contributed by atoms with Gasteiger partial charge in [0, 0.05) is 13.6 Å². The maximum Gasteiger partial charge on any atom is 0.337 e. The normalized spacial score (nSPS) is 18.9. The molecule has 0 bridgehead atoms. The number of nitrogens with one attached hydrogen (secondary N) is 1. The van der Waals surface area contributed by atoms with Crippen molar-refractivity contribution in [3.63, 3.8) is 0 Å². The lowest BCUT2D eigenvalue weighted by Gasteiger charge is -2.27. The van der Waals surface area contributed by atoms with Crippen LogP contribution in [0.2, 0.25) is 0 Å². The Bertz CT molecular complexity index is 481. The molecule has 0 spiro atoms. The molecule has 1 aliphatic heterocycles. The first-order valence-corrected chi connectivity index (χ1v) is 6.42. The van der Waals surface area contributed by atoms with Crippen molar-refractivity contribution >= 4 is 17.6 Å². The van der Waals surface area contributed by atoms with Crippen LogP contribution in [0.4, 0.5) is 5.69 Å². The zero-order chi connectivity index (χ0) is 13.8. The monoisotopic (exact) mass is 262 g/mol. The molecule has 1 amide bonds. The molecule has 0 saturated carbocycles. The Kier molecular flexibility index (Phi) is 4.16. The topological polar surface area (TPSA) is 69.6 Å². The Hall–Kier alpha value is -1.88. The van der Waals surface area contributed by atoms with Crippen molar-refractivity contribution in [2.75, 3.05) is 25.0 Å². The van der Waals surface area contributed by atoms with E-state index in [0.29, 0.717) is 12.2 Å². The van der Waals surface area contributed by atoms with Gasteiger partial charge in [0.15, 0.2) is 0 Å². The number of benzene rings is 1. The first-order valence-electron chi connectivity index (χ1n) is 6.42. The van der Waals surface area contributed by atoms with E-state index < -0.39 is 5.97 Å². The van der Waals surface area contributed by atoms with E-state index in [9.17, 15) is 9.59 Å². The fraction of sp³-hybridized carbons (Fsp3) is 0.429. The number of carbonyl (C=O) groups is 2.